The van der Waals surface area contributed by atoms with Crippen LogP contribution < -0.4 is 14.8 Å². The van der Waals surface area contributed by atoms with Gasteiger partial charge in [-0.05, 0) is 30.3 Å². The summed E-state index contributed by atoms with van der Waals surface area (Å²) in [7, 11) is 1.52. The fourth-order valence-corrected chi connectivity index (χ4v) is 2.37. The first kappa shape index (κ1) is 16.0. The van der Waals surface area contributed by atoms with Gasteiger partial charge in [0.05, 0.1) is 23.7 Å². The van der Waals surface area contributed by atoms with Gasteiger partial charge in [0.1, 0.15) is 12.1 Å². The van der Waals surface area contributed by atoms with Gasteiger partial charge in [0.2, 0.25) is 5.88 Å². The molecule has 0 bridgehead atoms. The standard InChI is InChI=1S/C17H14ClN3O3/c1-23-15-7-6-11(18)8-14(15)21-16(22)9-24-17-12-4-2-3-5-13(12)19-10-20-17/h2-8,10H,9H2,1H3,(H,21,22). The summed E-state index contributed by atoms with van der Waals surface area (Å²) in [5, 5.41) is 3.94. The van der Waals surface area contributed by atoms with Gasteiger partial charge in [-0.25, -0.2) is 9.97 Å². The molecule has 0 spiro atoms. The van der Waals surface area contributed by atoms with Crippen molar-refractivity contribution in [1.29, 1.82) is 0 Å². The highest BCUT2D eigenvalue weighted by molar-refractivity contribution is 6.31. The molecule has 0 unspecified atom stereocenters. The molecule has 1 amide bonds. The van der Waals surface area contributed by atoms with Crippen LogP contribution in [0.15, 0.2) is 48.8 Å². The number of nitrogens with zero attached hydrogens (tertiary/aromatic N) is 2. The largest absolute Gasteiger partial charge is 0.495 e. The molecule has 0 atom stereocenters. The van der Waals surface area contributed by atoms with Crippen molar-refractivity contribution in [3.05, 3.63) is 53.8 Å². The summed E-state index contributed by atoms with van der Waals surface area (Å²) in [5.74, 6) is 0.521. The molecular weight excluding hydrogens is 330 g/mol. The van der Waals surface area contributed by atoms with Crippen LogP contribution in [0.3, 0.4) is 0 Å². The molecule has 0 saturated carbocycles. The molecule has 2 aromatic carbocycles. The number of halogens is 1. The molecule has 122 valence electrons. The summed E-state index contributed by atoms with van der Waals surface area (Å²) in [6.07, 6.45) is 1.40. The molecule has 0 fully saturated rings. The van der Waals surface area contributed by atoms with Crippen molar-refractivity contribution < 1.29 is 14.3 Å². The molecule has 1 heterocycles. The third-order valence-corrected chi connectivity index (χ3v) is 3.52. The number of rotatable bonds is 5. The van der Waals surface area contributed by atoms with Crippen LogP contribution >= 0.6 is 11.6 Å². The van der Waals surface area contributed by atoms with E-state index < -0.39 is 0 Å². The van der Waals surface area contributed by atoms with Crippen LogP contribution in [-0.2, 0) is 4.79 Å². The molecule has 7 heteroatoms. The Morgan fingerprint density at radius 1 is 1.21 bits per heavy atom. The number of para-hydroxylation sites is 1. The number of amides is 1. The number of fused-ring (bicyclic) bond motifs is 1. The molecule has 0 saturated heterocycles. The Balaban J connectivity index is 1.71. The number of benzene rings is 2. The normalized spacial score (nSPS) is 10.4. The molecule has 1 aromatic heterocycles. The van der Waals surface area contributed by atoms with Crippen LogP contribution in [-0.4, -0.2) is 29.6 Å². The molecule has 0 aliphatic carbocycles. The van der Waals surface area contributed by atoms with E-state index in [1.807, 2.05) is 24.3 Å². The lowest BCUT2D eigenvalue weighted by Crippen LogP contribution is -2.21. The second kappa shape index (κ2) is 7.14. The number of carbonyl (C=O) groups excluding carboxylic acids is 1. The van der Waals surface area contributed by atoms with E-state index in [0.29, 0.717) is 22.3 Å². The topological polar surface area (TPSA) is 73.3 Å². The fourth-order valence-electron chi connectivity index (χ4n) is 2.19. The van der Waals surface area contributed by atoms with Crippen molar-refractivity contribution >= 4 is 34.1 Å². The molecule has 3 aromatic rings. The minimum absolute atomic E-state index is 0.198. The van der Waals surface area contributed by atoms with E-state index in [1.54, 1.807) is 18.2 Å². The van der Waals surface area contributed by atoms with Gasteiger partial charge in [0.25, 0.3) is 5.91 Å². The van der Waals surface area contributed by atoms with Crippen LogP contribution in [0.2, 0.25) is 5.02 Å². The maximum absolute atomic E-state index is 12.1. The number of aromatic nitrogens is 2. The van der Waals surface area contributed by atoms with Crippen molar-refractivity contribution in [2.75, 3.05) is 19.0 Å². The highest BCUT2D eigenvalue weighted by atomic mass is 35.5. The zero-order valence-corrected chi connectivity index (χ0v) is 13.6. The zero-order chi connectivity index (χ0) is 16.9. The van der Waals surface area contributed by atoms with Gasteiger partial charge in [0, 0.05) is 5.02 Å². The number of nitrogens with one attached hydrogen (secondary N) is 1. The SMILES string of the molecule is COc1ccc(Cl)cc1NC(=O)COc1ncnc2ccccc12. The Morgan fingerprint density at radius 3 is 2.88 bits per heavy atom. The predicted molar refractivity (Wildman–Crippen MR) is 91.7 cm³/mol. The van der Waals surface area contributed by atoms with Crippen LogP contribution in [0.25, 0.3) is 10.9 Å². The Kier molecular flexibility index (Phi) is 4.77. The van der Waals surface area contributed by atoms with Gasteiger partial charge in [-0.2, -0.15) is 0 Å². The number of methoxy groups -OCH3 is 1. The van der Waals surface area contributed by atoms with E-state index in [0.717, 1.165) is 10.9 Å². The molecule has 6 nitrogen and oxygen atoms in total. The van der Waals surface area contributed by atoms with Gasteiger partial charge in [-0.1, -0.05) is 23.7 Å². The van der Waals surface area contributed by atoms with E-state index in [2.05, 4.69) is 15.3 Å². The van der Waals surface area contributed by atoms with Crippen molar-refractivity contribution in [2.24, 2.45) is 0 Å². The maximum Gasteiger partial charge on any atom is 0.262 e. The van der Waals surface area contributed by atoms with E-state index in [4.69, 9.17) is 21.1 Å². The van der Waals surface area contributed by atoms with Crippen LogP contribution in [0, 0.1) is 0 Å². The predicted octanol–water partition coefficient (Wildman–Crippen LogP) is 3.31. The fraction of sp³-hybridized carbons (Fsp3) is 0.118. The first-order chi connectivity index (χ1) is 11.7. The van der Waals surface area contributed by atoms with Gasteiger partial charge >= 0.3 is 0 Å². The summed E-state index contributed by atoms with van der Waals surface area (Å²) in [6.45, 7) is -0.198. The molecule has 24 heavy (non-hydrogen) atoms. The summed E-state index contributed by atoms with van der Waals surface area (Å²) in [4.78, 5) is 20.3. The number of hydrogen-bond acceptors (Lipinski definition) is 5. The lowest BCUT2D eigenvalue weighted by Gasteiger charge is -2.11. The average Bonchev–Trinajstić information content (AvgIpc) is 2.60. The minimum atomic E-state index is -0.349. The van der Waals surface area contributed by atoms with E-state index >= 15 is 0 Å². The minimum Gasteiger partial charge on any atom is -0.495 e. The van der Waals surface area contributed by atoms with E-state index in [-0.39, 0.29) is 12.5 Å². The quantitative estimate of drug-likeness (QED) is 0.769. The average molecular weight is 344 g/mol. The van der Waals surface area contributed by atoms with E-state index in [1.165, 1.54) is 13.4 Å². The number of carbonyl (C=O) groups is 1. The highest BCUT2D eigenvalue weighted by Crippen LogP contribution is 2.27. The lowest BCUT2D eigenvalue weighted by atomic mass is 10.2. The molecule has 0 aliphatic rings. The summed E-state index contributed by atoms with van der Waals surface area (Å²) >= 11 is 5.94. The number of anilines is 1. The van der Waals surface area contributed by atoms with Crippen LogP contribution in [0.4, 0.5) is 5.69 Å². The first-order valence-electron chi connectivity index (χ1n) is 7.13. The van der Waals surface area contributed by atoms with Gasteiger partial charge in [0.15, 0.2) is 6.61 Å². The molecule has 0 aliphatic heterocycles. The lowest BCUT2D eigenvalue weighted by molar-refractivity contribution is -0.118. The first-order valence-corrected chi connectivity index (χ1v) is 7.51. The van der Waals surface area contributed by atoms with Crippen LogP contribution in [0.5, 0.6) is 11.6 Å². The van der Waals surface area contributed by atoms with Crippen molar-refractivity contribution in [3.8, 4) is 11.6 Å². The second-order valence-corrected chi connectivity index (χ2v) is 5.31. The molecular formula is C17H14ClN3O3. The monoisotopic (exact) mass is 343 g/mol. The Morgan fingerprint density at radius 2 is 2.04 bits per heavy atom. The van der Waals surface area contributed by atoms with Gasteiger partial charge in [-0.3, -0.25) is 4.79 Å². The third-order valence-electron chi connectivity index (χ3n) is 3.28. The number of ether oxygens (including phenoxy) is 2. The van der Waals surface area contributed by atoms with E-state index in [9.17, 15) is 4.79 Å². The van der Waals surface area contributed by atoms with Gasteiger partial charge in [-0.15, -0.1) is 0 Å². The summed E-state index contributed by atoms with van der Waals surface area (Å²) < 4.78 is 10.7. The Bertz CT molecular complexity index is 881. The highest BCUT2D eigenvalue weighted by Gasteiger charge is 2.11. The maximum atomic E-state index is 12.1. The molecule has 3 rings (SSSR count). The van der Waals surface area contributed by atoms with Crippen molar-refractivity contribution in [1.82, 2.24) is 9.97 Å². The second-order valence-electron chi connectivity index (χ2n) is 4.88. The van der Waals surface area contributed by atoms with Crippen LogP contribution in [0.1, 0.15) is 0 Å². The molecule has 1 N–H and O–H groups in total. The molecule has 0 radical (unpaired) electrons. The van der Waals surface area contributed by atoms with Gasteiger partial charge < -0.3 is 14.8 Å². The summed E-state index contributed by atoms with van der Waals surface area (Å²) in [5.41, 5.74) is 1.23. The number of hydrogen-bond donors (Lipinski definition) is 1. The smallest absolute Gasteiger partial charge is 0.262 e. The van der Waals surface area contributed by atoms with Crippen molar-refractivity contribution in [2.45, 2.75) is 0 Å². The van der Waals surface area contributed by atoms with Crippen molar-refractivity contribution in [3.63, 3.8) is 0 Å². The third kappa shape index (κ3) is 3.55. The Hall–Kier alpha value is -2.86. The Labute approximate surface area is 143 Å². The summed E-state index contributed by atoms with van der Waals surface area (Å²) in [6, 6.07) is 12.4. The zero-order valence-electron chi connectivity index (χ0n) is 12.8.